The molecule has 0 aliphatic carbocycles. The molecular weight excluding hydrogens is 268 g/mol. The van der Waals surface area contributed by atoms with Crippen molar-refractivity contribution in [3.8, 4) is 0 Å². The van der Waals surface area contributed by atoms with Crippen LogP contribution in [0.15, 0.2) is 23.1 Å². The highest BCUT2D eigenvalue weighted by Gasteiger charge is 2.16. The summed E-state index contributed by atoms with van der Waals surface area (Å²) in [5, 5.41) is 17.2. The zero-order chi connectivity index (χ0) is 14.6. The SMILES string of the molecule is CCCC(C)Nc1ccc(S(N)(=O)=O)cc1C(=O)O. The summed E-state index contributed by atoms with van der Waals surface area (Å²) in [4.78, 5) is 11.0. The number of benzene rings is 1. The molecular formula is C12H18N2O4S. The monoisotopic (exact) mass is 286 g/mol. The molecule has 0 bridgehead atoms. The lowest BCUT2D eigenvalue weighted by Crippen LogP contribution is -2.18. The molecule has 0 saturated carbocycles. The minimum absolute atomic E-state index is 0.100. The lowest BCUT2D eigenvalue weighted by atomic mass is 10.1. The molecule has 106 valence electrons. The smallest absolute Gasteiger partial charge is 0.337 e. The van der Waals surface area contributed by atoms with Crippen LogP contribution in [0.3, 0.4) is 0 Å². The number of carbonyl (C=O) groups is 1. The van der Waals surface area contributed by atoms with Crippen LogP contribution in [-0.2, 0) is 10.0 Å². The van der Waals surface area contributed by atoms with Gasteiger partial charge in [-0.3, -0.25) is 0 Å². The standard InChI is InChI=1S/C12H18N2O4S/c1-3-4-8(2)14-11-6-5-9(19(13,17)18)7-10(11)12(15)16/h5-8,14H,3-4H2,1-2H3,(H,15,16)(H2,13,17,18). The van der Waals surface area contributed by atoms with E-state index in [2.05, 4.69) is 5.32 Å². The second-order valence-corrected chi connectivity index (χ2v) is 5.95. The second kappa shape index (κ2) is 6.03. The molecule has 1 atom stereocenters. The highest BCUT2D eigenvalue weighted by atomic mass is 32.2. The summed E-state index contributed by atoms with van der Waals surface area (Å²) in [6, 6.07) is 3.89. The highest BCUT2D eigenvalue weighted by Crippen LogP contribution is 2.21. The number of hydrogen-bond donors (Lipinski definition) is 3. The fourth-order valence-electron chi connectivity index (χ4n) is 1.77. The number of anilines is 1. The predicted octanol–water partition coefficient (Wildman–Crippen LogP) is 1.63. The first kappa shape index (κ1) is 15.5. The molecule has 0 heterocycles. The molecule has 1 rings (SSSR count). The molecule has 7 heteroatoms. The van der Waals surface area contributed by atoms with Crippen molar-refractivity contribution in [2.24, 2.45) is 5.14 Å². The van der Waals surface area contributed by atoms with E-state index in [0.717, 1.165) is 18.9 Å². The van der Waals surface area contributed by atoms with Crippen LogP contribution >= 0.6 is 0 Å². The van der Waals surface area contributed by atoms with Crippen molar-refractivity contribution >= 4 is 21.7 Å². The molecule has 0 amide bonds. The van der Waals surface area contributed by atoms with Gasteiger partial charge in [-0.15, -0.1) is 0 Å². The third kappa shape index (κ3) is 4.22. The summed E-state index contributed by atoms with van der Waals surface area (Å²) in [6.07, 6.45) is 1.85. The van der Waals surface area contributed by atoms with Gasteiger partial charge in [0.05, 0.1) is 10.5 Å². The Morgan fingerprint density at radius 1 is 1.47 bits per heavy atom. The average Bonchev–Trinajstić information content (AvgIpc) is 2.27. The van der Waals surface area contributed by atoms with Crippen molar-refractivity contribution in [3.63, 3.8) is 0 Å². The Hall–Kier alpha value is -1.60. The van der Waals surface area contributed by atoms with E-state index in [1.165, 1.54) is 12.1 Å². The number of aromatic carboxylic acids is 1. The Labute approximate surface area is 112 Å². The molecule has 19 heavy (non-hydrogen) atoms. The first-order valence-electron chi connectivity index (χ1n) is 5.92. The third-order valence-electron chi connectivity index (χ3n) is 2.67. The number of sulfonamides is 1. The maximum atomic E-state index is 11.2. The number of carboxylic acid groups (broad SMARTS) is 1. The van der Waals surface area contributed by atoms with Gasteiger partial charge >= 0.3 is 5.97 Å². The second-order valence-electron chi connectivity index (χ2n) is 4.39. The maximum absolute atomic E-state index is 11.2. The normalized spacial score (nSPS) is 13.0. The van der Waals surface area contributed by atoms with Gasteiger partial charge in [0.2, 0.25) is 10.0 Å². The first-order valence-corrected chi connectivity index (χ1v) is 7.47. The largest absolute Gasteiger partial charge is 0.478 e. The summed E-state index contributed by atoms with van der Waals surface area (Å²) in [6.45, 7) is 3.96. The Bertz CT molecular complexity index is 569. The molecule has 0 radical (unpaired) electrons. The molecule has 1 aromatic rings. The summed E-state index contributed by atoms with van der Waals surface area (Å²) in [5.74, 6) is -1.20. The molecule has 0 aromatic heterocycles. The van der Waals surface area contributed by atoms with Gasteiger partial charge in [-0.2, -0.15) is 0 Å². The molecule has 1 unspecified atom stereocenters. The summed E-state index contributed by atoms with van der Waals surface area (Å²) >= 11 is 0. The van der Waals surface area contributed by atoms with Crippen molar-refractivity contribution in [2.45, 2.75) is 37.6 Å². The fourth-order valence-corrected chi connectivity index (χ4v) is 2.31. The Morgan fingerprint density at radius 3 is 2.58 bits per heavy atom. The molecule has 4 N–H and O–H groups in total. The quantitative estimate of drug-likeness (QED) is 0.736. The van der Waals surface area contributed by atoms with Crippen LogP contribution in [0.1, 0.15) is 37.0 Å². The lowest BCUT2D eigenvalue weighted by Gasteiger charge is -2.16. The van der Waals surface area contributed by atoms with Gasteiger partial charge < -0.3 is 10.4 Å². The van der Waals surface area contributed by atoms with Gasteiger partial charge in [-0.05, 0) is 31.5 Å². The zero-order valence-electron chi connectivity index (χ0n) is 10.9. The summed E-state index contributed by atoms with van der Waals surface area (Å²) in [7, 11) is -3.91. The summed E-state index contributed by atoms with van der Waals surface area (Å²) in [5.41, 5.74) is 0.287. The van der Waals surface area contributed by atoms with Crippen LogP contribution in [0, 0.1) is 0 Å². The van der Waals surface area contributed by atoms with Crippen molar-refractivity contribution in [3.05, 3.63) is 23.8 Å². The van der Waals surface area contributed by atoms with Gasteiger partial charge in [0.15, 0.2) is 0 Å². The van der Waals surface area contributed by atoms with Crippen LogP contribution in [0.25, 0.3) is 0 Å². The number of rotatable bonds is 6. The minimum Gasteiger partial charge on any atom is -0.478 e. The van der Waals surface area contributed by atoms with Crippen molar-refractivity contribution in [2.75, 3.05) is 5.32 Å². The minimum atomic E-state index is -3.91. The van der Waals surface area contributed by atoms with E-state index >= 15 is 0 Å². The van der Waals surface area contributed by atoms with Crippen LogP contribution in [0.2, 0.25) is 0 Å². The summed E-state index contributed by atoms with van der Waals surface area (Å²) < 4.78 is 22.4. The highest BCUT2D eigenvalue weighted by molar-refractivity contribution is 7.89. The third-order valence-corrected chi connectivity index (χ3v) is 3.58. The molecule has 0 fully saturated rings. The Balaban J connectivity index is 3.16. The number of nitrogens with one attached hydrogen (secondary N) is 1. The van der Waals surface area contributed by atoms with E-state index in [0.29, 0.717) is 5.69 Å². The number of hydrogen-bond acceptors (Lipinski definition) is 4. The topological polar surface area (TPSA) is 109 Å². The molecule has 6 nitrogen and oxygen atoms in total. The fraction of sp³-hybridized carbons (Fsp3) is 0.417. The van der Waals surface area contributed by atoms with Gasteiger partial charge in [-0.1, -0.05) is 13.3 Å². The zero-order valence-corrected chi connectivity index (χ0v) is 11.7. The Morgan fingerprint density at radius 2 is 2.11 bits per heavy atom. The molecule has 0 aliphatic rings. The van der Waals surface area contributed by atoms with Crippen LogP contribution in [-0.4, -0.2) is 25.5 Å². The number of nitrogens with two attached hydrogens (primary N) is 1. The van der Waals surface area contributed by atoms with Gasteiger partial charge in [-0.25, -0.2) is 18.4 Å². The van der Waals surface area contributed by atoms with Crippen LogP contribution in [0.4, 0.5) is 5.69 Å². The molecule has 0 saturated heterocycles. The molecule has 0 aliphatic heterocycles. The molecule has 1 aromatic carbocycles. The Kier molecular flexibility index (Phi) is 4.90. The van der Waals surface area contributed by atoms with Crippen LogP contribution in [0.5, 0.6) is 0 Å². The predicted molar refractivity (Wildman–Crippen MR) is 72.8 cm³/mol. The number of primary sulfonamides is 1. The van der Waals surface area contributed by atoms with Gasteiger partial charge in [0.25, 0.3) is 0 Å². The molecule has 0 spiro atoms. The van der Waals surface area contributed by atoms with Crippen molar-refractivity contribution < 1.29 is 18.3 Å². The van der Waals surface area contributed by atoms with Crippen molar-refractivity contribution in [1.82, 2.24) is 0 Å². The number of carboxylic acids is 1. The maximum Gasteiger partial charge on any atom is 0.337 e. The first-order chi connectivity index (χ1) is 8.75. The van der Waals surface area contributed by atoms with Crippen LogP contribution < -0.4 is 10.5 Å². The van der Waals surface area contributed by atoms with E-state index in [4.69, 9.17) is 10.2 Å². The van der Waals surface area contributed by atoms with Gasteiger partial charge in [0.1, 0.15) is 0 Å². The van der Waals surface area contributed by atoms with Gasteiger partial charge in [0, 0.05) is 11.7 Å². The van der Waals surface area contributed by atoms with E-state index in [9.17, 15) is 13.2 Å². The van der Waals surface area contributed by atoms with E-state index in [1.54, 1.807) is 0 Å². The van der Waals surface area contributed by atoms with E-state index < -0.39 is 16.0 Å². The van der Waals surface area contributed by atoms with E-state index in [-0.39, 0.29) is 16.5 Å². The lowest BCUT2D eigenvalue weighted by molar-refractivity contribution is 0.0697. The average molecular weight is 286 g/mol. The van der Waals surface area contributed by atoms with Crippen molar-refractivity contribution in [1.29, 1.82) is 0 Å². The van der Waals surface area contributed by atoms with E-state index in [1.807, 2.05) is 13.8 Å².